The molecule has 2 rings (SSSR count). The molecule has 5 heteroatoms. The second-order valence-corrected chi connectivity index (χ2v) is 3.56. The number of hydrogen-bond donors (Lipinski definition) is 0. The van der Waals surface area contributed by atoms with Gasteiger partial charge in [0.25, 0.3) is 0 Å². The fourth-order valence-corrected chi connectivity index (χ4v) is 1.66. The number of pyridine rings is 1. The van der Waals surface area contributed by atoms with Gasteiger partial charge in [0.1, 0.15) is 10.7 Å². The number of hydrogen-bond acceptors (Lipinski definition) is 3. The van der Waals surface area contributed by atoms with Crippen molar-refractivity contribution in [1.82, 2.24) is 15.0 Å². The Balaban J connectivity index is 0.000000606. The molecule has 0 spiro atoms. The molecular formula is C11H13Cl2N3. The second-order valence-electron chi connectivity index (χ2n) is 2.83. The Morgan fingerprint density at radius 1 is 1.19 bits per heavy atom. The van der Waals surface area contributed by atoms with Crippen molar-refractivity contribution in [1.29, 1.82) is 0 Å². The van der Waals surface area contributed by atoms with Gasteiger partial charge in [-0.2, -0.15) is 0 Å². The highest BCUT2D eigenvalue weighted by atomic mass is 35.5. The van der Waals surface area contributed by atoms with E-state index in [0.29, 0.717) is 10.7 Å². The lowest BCUT2D eigenvalue weighted by atomic mass is 10.2. The first kappa shape index (κ1) is 13.1. The van der Waals surface area contributed by atoms with Gasteiger partial charge in [-0.25, -0.2) is 15.0 Å². The van der Waals surface area contributed by atoms with E-state index in [0.717, 1.165) is 17.5 Å². The van der Waals surface area contributed by atoms with Gasteiger partial charge in [0.05, 0.1) is 11.7 Å². The molecule has 0 fully saturated rings. The van der Waals surface area contributed by atoms with Crippen LogP contribution < -0.4 is 0 Å². The number of fused-ring (bicyclic) bond motifs is 1. The Bertz CT molecular complexity index is 486. The summed E-state index contributed by atoms with van der Waals surface area (Å²) in [5, 5.41) is 0.691. The predicted molar refractivity (Wildman–Crippen MR) is 68.1 cm³/mol. The van der Waals surface area contributed by atoms with E-state index in [2.05, 4.69) is 15.0 Å². The van der Waals surface area contributed by atoms with Gasteiger partial charge < -0.3 is 0 Å². The van der Waals surface area contributed by atoms with E-state index < -0.39 is 0 Å². The minimum absolute atomic E-state index is 0.233. The molecule has 0 unspecified atom stereocenters. The fraction of sp³-hybridized carbons (Fsp3) is 0.364. The van der Waals surface area contributed by atoms with Crippen molar-refractivity contribution in [2.45, 2.75) is 27.2 Å². The van der Waals surface area contributed by atoms with Gasteiger partial charge in [-0.1, -0.05) is 32.4 Å². The molecule has 0 amide bonds. The van der Waals surface area contributed by atoms with Gasteiger partial charge in [0.15, 0.2) is 0 Å². The van der Waals surface area contributed by atoms with Crippen molar-refractivity contribution in [3.63, 3.8) is 0 Å². The maximum Gasteiger partial charge on any atom is 0.223 e. The highest BCUT2D eigenvalue weighted by molar-refractivity contribution is 6.30. The SMILES string of the molecule is CC.CCc1cc(Cl)nc2cnc(Cl)nc12. The Labute approximate surface area is 105 Å². The first-order chi connectivity index (χ1) is 7.70. The molecule has 16 heavy (non-hydrogen) atoms. The summed E-state index contributed by atoms with van der Waals surface area (Å²) in [5.41, 5.74) is 2.49. The highest BCUT2D eigenvalue weighted by Crippen LogP contribution is 2.20. The average Bonchev–Trinajstić information content (AvgIpc) is 2.31. The van der Waals surface area contributed by atoms with Crippen molar-refractivity contribution >= 4 is 34.2 Å². The quantitative estimate of drug-likeness (QED) is 0.574. The molecule has 2 aromatic heterocycles. The van der Waals surface area contributed by atoms with Crippen LogP contribution in [-0.2, 0) is 6.42 Å². The second kappa shape index (κ2) is 5.97. The summed E-state index contributed by atoms with van der Waals surface area (Å²) in [6.45, 7) is 6.03. The van der Waals surface area contributed by atoms with Crippen molar-refractivity contribution in [2.75, 3.05) is 0 Å². The first-order valence-electron chi connectivity index (χ1n) is 5.18. The normalized spacial score (nSPS) is 9.81. The Hall–Kier alpha value is -0.930. The number of rotatable bonds is 1. The third-order valence-corrected chi connectivity index (χ3v) is 2.32. The number of halogens is 2. The number of aromatic nitrogens is 3. The summed E-state index contributed by atoms with van der Waals surface area (Å²) in [6.07, 6.45) is 2.42. The van der Waals surface area contributed by atoms with Crippen molar-refractivity contribution < 1.29 is 0 Å². The maximum absolute atomic E-state index is 5.84. The summed E-state index contributed by atoms with van der Waals surface area (Å²) < 4.78 is 0. The summed E-state index contributed by atoms with van der Waals surface area (Å²) >= 11 is 11.5. The van der Waals surface area contributed by atoms with Crippen LogP contribution in [0.15, 0.2) is 12.3 Å². The molecule has 2 aromatic rings. The molecular weight excluding hydrogens is 245 g/mol. The van der Waals surface area contributed by atoms with Crippen LogP contribution in [0, 0.1) is 0 Å². The molecule has 0 saturated carbocycles. The lowest BCUT2D eigenvalue weighted by molar-refractivity contribution is 1.11. The van der Waals surface area contributed by atoms with Crippen molar-refractivity contribution in [3.8, 4) is 0 Å². The Morgan fingerprint density at radius 2 is 1.88 bits per heavy atom. The molecule has 3 nitrogen and oxygen atoms in total. The minimum Gasteiger partial charge on any atom is -0.233 e. The summed E-state index contributed by atoms with van der Waals surface area (Å²) in [7, 11) is 0. The van der Waals surface area contributed by atoms with Crippen molar-refractivity contribution in [3.05, 3.63) is 28.3 Å². The van der Waals surface area contributed by atoms with E-state index in [9.17, 15) is 0 Å². The van der Waals surface area contributed by atoms with Crippen LogP contribution in [0.3, 0.4) is 0 Å². The molecule has 0 saturated heterocycles. The zero-order valence-corrected chi connectivity index (χ0v) is 11.0. The zero-order valence-electron chi connectivity index (χ0n) is 9.46. The monoisotopic (exact) mass is 257 g/mol. The molecule has 86 valence electrons. The largest absolute Gasteiger partial charge is 0.233 e. The Kier molecular flexibility index (Phi) is 4.90. The van der Waals surface area contributed by atoms with Gasteiger partial charge in [-0.3, -0.25) is 0 Å². The molecule has 2 heterocycles. The summed E-state index contributed by atoms with van der Waals surface area (Å²) in [5.74, 6) is 0. The number of nitrogens with zero attached hydrogens (tertiary/aromatic N) is 3. The van der Waals surface area contributed by atoms with E-state index >= 15 is 0 Å². The van der Waals surface area contributed by atoms with Gasteiger partial charge >= 0.3 is 0 Å². The summed E-state index contributed by atoms with van der Waals surface area (Å²) in [6, 6.07) is 1.80. The molecule has 0 aliphatic rings. The molecule has 0 aromatic carbocycles. The molecule has 0 atom stereocenters. The number of aryl methyl sites for hydroxylation is 1. The highest BCUT2D eigenvalue weighted by Gasteiger charge is 2.05. The minimum atomic E-state index is 0.233. The van der Waals surface area contributed by atoms with Gasteiger partial charge in [-0.05, 0) is 29.7 Å². The molecule has 0 bridgehead atoms. The van der Waals surface area contributed by atoms with E-state index in [-0.39, 0.29) is 5.28 Å². The topological polar surface area (TPSA) is 38.7 Å². The molecule has 0 aliphatic heterocycles. The van der Waals surface area contributed by atoms with Crippen LogP contribution in [0.25, 0.3) is 11.0 Å². The Morgan fingerprint density at radius 3 is 2.50 bits per heavy atom. The van der Waals surface area contributed by atoms with E-state index in [1.165, 1.54) is 0 Å². The zero-order chi connectivity index (χ0) is 12.1. The molecule has 0 N–H and O–H groups in total. The third kappa shape index (κ3) is 2.80. The van der Waals surface area contributed by atoms with E-state index in [1.807, 2.05) is 20.8 Å². The van der Waals surface area contributed by atoms with Crippen LogP contribution in [0.1, 0.15) is 26.3 Å². The van der Waals surface area contributed by atoms with E-state index in [1.54, 1.807) is 12.3 Å². The lowest BCUT2D eigenvalue weighted by Gasteiger charge is -2.03. The van der Waals surface area contributed by atoms with Crippen molar-refractivity contribution in [2.24, 2.45) is 0 Å². The smallest absolute Gasteiger partial charge is 0.223 e. The van der Waals surface area contributed by atoms with Gasteiger partial charge in [0, 0.05) is 0 Å². The molecule has 0 radical (unpaired) electrons. The molecule has 0 aliphatic carbocycles. The summed E-state index contributed by atoms with van der Waals surface area (Å²) in [4.78, 5) is 12.1. The van der Waals surface area contributed by atoms with Crippen LogP contribution in [-0.4, -0.2) is 15.0 Å². The van der Waals surface area contributed by atoms with Crippen LogP contribution in [0.2, 0.25) is 10.4 Å². The fourth-order valence-electron chi connectivity index (χ4n) is 1.30. The predicted octanol–water partition coefficient (Wildman–Crippen LogP) is 3.92. The maximum atomic E-state index is 5.84. The van der Waals surface area contributed by atoms with Crippen LogP contribution in [0.5, 0.6) is 0 Å². The first-order valence-corrected chi connectivity index (χ1v) is 5.94. The van der Waals surface area contributed by atoms with Gasteiger partial charge in [0.2, 0.25) is 5.28 Å². The van der Waals surface area contributed by atoms with Gasteiger partial charge in [-0.15, -0.1) is 0 Å². The average molecular weight is 258 g/mol. The van der Waals surface area contributed by atoms with Crippen LogP contribution >= 0.6 is 23.2 Å². The van der Waals surface area contributed by atoms with Crippen LogP contribution in [0.4, 0.5) is 0 Å². The third-order valence-electron chi connectivity index (χ3n) is 1.95. The standard InChI is InChI=1S/C9H7Cl2N3.C2H6/c1-2-5-3-7(10)13-6-4-12-9(11)14-8(5)6;1-2/h3-4H,2H2,1H3;1-2H3. The van der Waals surface area contributed by atoms with E-state index in [4.69, 9.17) is 23.2 Å². The lowest BCUT2D eigenvalue weighted by Crippen LogP contribution is -1.93.